The molecule has 106 valence electrons. The summed E-state index contributed by atoms with van der Waals surface area (Å²) < 4.78 is 0. The van der Waals surface area contributed by atoms with Gasteiger partial charge in [0.15, 0.2) is 0 Å². The zero-order chi connectivity index (χ0) is 14.7. The van der Waals surface area contributed by atoms with Crippen molar-refractivity contribution in [2.24, 2.45) is 5.73 Å². The van der Waals surface area contributed by atoms with E-state index in [1.54, 1.807) is 6.20 Å². The summed E-state index contributed by atoms with van der Waals surface area (Å²) in [6.07, 6.45) is 1.97. The molecule has 2 atom stereocenters. The Balaban J connectivity index is 2.20. The standard InChI is InChI=1S/C14H17N3O3/c1-8(15)13(18)17-12(14(19)20)6-9-7-16-11-5-3-2-4-10(9)11/h2-5,7-8,12,16H,6,15H2,1H3,(H,17,18)(H,19,20)/t8-,12?/m1/s1. The van der Waals surface area contributed by atoms with E-state index in [2.05, 4.69) is 10.3 Å². The summed E-state index contributed by atoms with van der Waals surface area (Å²) in [5.41, 5.74) is 7.22. The molecule has 0 aliphatic rings. The average Bonchev–Trinajstić information content (AvgIpc) is 2.81. The normalized spacial score (nSPS) is 13.9. The molecule has 20 heavy (non-hydrogen) atoms. The smallest absolute Gasteiger partial charge is 0.326 e. The lowest BCUT2D eigenvalue weighted by Crippen LogP contribution is -2.48. The number of amides is 1. The highest BCUT2D eigenvalue weighted by molar-refractivity contribution is 5.88. The van der Waals surface area contributed by atoms with Gasteiger partial charge in [-0.1, -0.05) is 18.2 Å². The first kappa shape index (κ1) is 14.1. The molecule has 1 amide bonds. The van der Waals surface area contributed by atoms with Crippen molar-refractivity contribution in [3.8, 4) is 0 Å². The zero-order valence-electron chi connectivity index (χ0n) is 11.1. The van der Waals surface area contributed by atoms with E-state index in [0.29, 0.717) is 0 Å². The summed E-state index contributed by atoms with van der Waals surface area (Å²) >= 11 is 0. The number of carboxylic acid groups (broad SMARTS) is 1. The van der Waals surface area contributed by atoms with Crippen LogP contribution in [0.15, 0.2) is 30.5 Å². The number of aromatic amines is 1. The molecule has 6 heteroatoms. The Hall–Kier alpha value is -2.34. The van der Waals surface area contributed by atoms with Gasteiger partial charge in [-0.05, 0) is 18.6 Å². The molecule has 1 aromatic carbocycles. The lowest BCUT2D eigenvalue weighted by Gasteiger charge is -2.15. The lowest BCUT2D eigenvalue weighted by atomic mass is 10.0. The molecule has 6 nitrogen and oxygen atoms in total. The van der Waals surface area contributed by atoms with Crippen LogP contribution in [0.3, 0.4) is 0 Å². The lowest BCUT2D eigenvalue weighted by molar-refractivity contribution is -0.141. The van der Waals surface area contributed by atoms with Gasteiger partial charge in [-0.25, -0.2) is 4.79 Å². The number of rotatable bonds is 5. The molecule has 5 N–H and O–H groups in total. The number of carboxylic acids is 1. The van der Waals surface area contributed by atoms with Crippen molar-refractivity contribution < 1.29 is 14.7 Å². The first-order valence-electron chi connectivity index (χ1n) is 6.33. The Labute approximate surface area is 116 Å². The monoisotopic (exact) mass is 275 g/mol. The summed E-state index contributed by atoms with van der Waals surface area (Å²) in [5, 5.41) is 12.6. The minimum Gasteiger partial charge on any atom is -0.480 e. The molecule has 0 saturated carbocycles. The second-order valence-corrected chi connectivity index (χ2v) is 4.75. The number of aromatic nitrogens is 1. The molecule has 0 saturated heterocycles. The number of benzene rings is 1. The maximum absolute atomic E-state index is 11.5. The Morgan fingerprint density at radius 2 is 2.10 bits per heavy atom. The molecular weight excluding hydrogens is 258 g/mol. The molecule has 0 aliphatic carbocycles. The molecule has 1 heterocycles. The highest BCUT2D eigenvalue weighted by Crippen LogP contribution is 2.19. The van der Waals surface area contributed by atoms with Gasteiger partial charge in [-0.2, -0.15) is 0 Å². The van der Waals surface area contributed by atoms with Gasteiger partial charge in [0.05, 0.1) is 6.04 Å². The van der Waals surface area contributed by atoms with E-state index < -0.39 is 24.0 Å². The van der Waals surface area contributed by atoms with Crippen LogP contribution in [0.1, 0.15) is 12.5 Å². The summed E-state index contributed by atoms with van der Waals surface area (Å²) in [4.78, 5) is 25.9. The van der Waals surface area contributed by atoms with Crippen molar-refractivity contribution in [1.29, 1.82) is 0 Å². The number of nitrogens with one attached hydrogen (secondary N) is 2. The van der Waals surface area contributed by atoms with E-state index in [1.807, 2.05) is 24.3 Å². The van der Waals surface area contributed by atoms with E-state index in [1.165, 1.54) is 6.92 Å². The average molecular weight is 275 g/mol. The fraction of sp³-hybridized carbons (Fsp3) is 0.286. The Bertz CT molecular complexity index is 633. The third-order valence-electron chi connectivity index (χ3n) is 3.13. The number of para-hydroxylation sites is 1. The van der Waals surface area contributed by atoms with Crippen molar-refractivity contribution in [2.75, 3.05) is 0 Å². The van der Waals surface area contributed by atoms with Crippen molar-refractivity contribution in [3.05, 3.63) is 36.0 Å². The van der Waals surface area contributed by atoms with Crippen LogP contribution >= 0.6 is 0 Å². The Morgan fingerprint density at radius 1 is 1.40 bits per heavy atom. The van der Waals surface area contributed by atoms with Crippen LogP contribution in [-0.2, 0) is 16.0 Å². The number of nitrogens with two attached hydrogens (primary N) is 1. The molecule has 0 aliphatic heterocycles. The third-order valence-corrected chi connectivity index (χ3v) is 3.13. The van der Waals surface area contributed by atoms with Crippen LogP contribution in [0.2, 0.25) is 0 Å². The fourth-order valence-electron chi connectivity index (χ4n) is 2.02. The fourth-order valence-corrected chi connectivity index (χ4v) is 2.02. The SMILES string of the molecule is C[C@@H](N)C(=O)NC(Cc1c[nH]c2ccccc12)C(=O)O. The molecule has 1 unspecified atom stereocenters. The largest absolute Gasteiger partial charge is 0.480 e. The van der Waals surface area contributed by atoms with Crippen molar-refractivity contribution in [2.45, 2.75) is 25.4 Å². The predicted octanol–water partition coefficient (Wildman–Crippen LogP) is 0.627. The molecule has 1 aromatic heterocycles. The van der Waals surface area contributed by atoms with Gasteiger partial charge >= 0.3 is 5.97 Å². The van der Waals surface area contributed by atoms with E-state index >= 15 is 0 Å². The van der Waals surface area contributed by atoms with Crippen LogP contribution in [0.5, 0.6) is 0 Å². The van der Waals surface area contributed by atoms with Gasteiger partial charge in [0, 0.05) is 23.5 Å². The molecular formula is C14H17N3O3. The number of fused-ring (bicyclic) bond motifs is 1. The second-order valence-electron chi connectivity index (χ2n) is 4.75. The van der Waals surface area contributed by atoms with Crippen LogP contribution in [-0.4, -0.2) is 34.1 Å². The van der Waals surface area contributed by atoms with Crippen LogP contribution < -0.4 is 11.1 Å². The highest BCUT2D eigenvalue weighted by atomic mass is 16.4. The number of hydrogen-bond acceptors (Lipinski definition) is 3. The molecule has 0 fully saturated rings. The van der Waals surface area contributed by atoms with Gasteiger partial charge in [-0.3, -0.25) is 4.79 Å². The van der Waals surface area contributed by atoms with Crippen LogP contribution in [0.4, 0.5) is 0 Å². The molecule has 0 spiro atoms. The number of aliphatic carboxylic acids is 1. The first-order valence-corrected chi connectivity index (χ1v) is 6.33. The second kappa shape index (κ2) is 5.75. The number of hydrogen-bond donors (Lipinski definition) is 4. The van der Waals surface area contributed by atoms with Gasteiger partial charge in [0.1, 0.15) is 6.04 Å². The summed E-state index contributed by atoms with van der Waals surface area (Å²) in [7, 11) is 0. The topological polar surface area (TPSA) is 108 Å². The van der Waals surface area contributed by atoms with E-state index in [-0.39, 0.29) is 6.42 Å². The van der Waals surface area contributed by atoms with Gasteiger partial charge in [0.25, 0.3) is 0 Å². The van der Waals surface area contributed by atoms with Crippen molar-refractivity contribution in [3.63, 3.8) is 0 Å². The van der Waals surface area contributed by atoms with Crippen LogP contribution in [0, 0.1) is 0 Å². The Kier molecular flexibility index (Phi) is 4.05. The minimum absolute atomic E-state index is 0.206. The van der Waals surface area contributed by atoms with Gasteiger partial charge < -0.3 is 21.1 Å². The summed E-state index contributed by atoms with van der Waals surface area (Å²) in [5.74, 6) is -1.55. The first-order chi connectivity index (χ1) is 9.49. The van der Waals surface area contributed by atoms with E-state index in [4.69, 9.17) is 5.73 Å². The van der Waals surface area contributed by atoms with Gasteiger partial charge in [-0.15, -0.1) is 0 Å². The summed E-state index contributed by atoms with van der Waals surface area (Å²) in [6.45, 7) is 1.51. The summed E-state index contributed by atoms with van der Waals surface area (Å²) in [6, 6.07) is 5.88. The van der Waals surface area contributed by atoms with E-state index in [9.17, 15) is 14.7 Å². The van der Waals surface area contributed by atoms with Crippen molar-refractivity contribution >= 4 is 22.8 Å². The van der Waals surface area contributed by atoms with E-state index in [0.717, 1.165) is 16.5 Å². The molecule has 0 radical (unpaired) electrons. The quantitative estimate of drug-likeness (QED) is 0.641. The maximum atomic E-state index is 11.5. The number of H-pyrrole nitrogens is 1. The van der Waals surface area contributed by atoms with Gasteiger partial charge in [0.2, 0.25) is 5.91 Å². The maximum Gasteiger partial charge on any atom is 0.326 e. The predicted molar refractivity (Wildman–Crippen MR) is 75.2 cm³/mol. The number of carbonyl (C=O) groups is 2. The minimum atomic E-state index is -1.08. The van der Waals surface area contributed by atoms with Crippen LogP contribution in [0.25, 0.3) is 10.9 Å². The molecule has 2 rings (SSSR count). The molecule has 2 aromatic rings. The Morgan fingerprint density at radius 3 is 2.75 bits per heavy atom. The molecule has 0 bridgehead atoms. The third kappa shape index (κ3) is 2.97. The highest BCUT2D eigenvalue weighted by Gasteiger charge is 2.22. The van der Waals surface area contributed by atoms with Crippen molar-refractivity contribution in [1.82, 2.24) is 10.3 Å². The number of carbonyl (C=O) groups excluding carboxylic acids is 1. The zero-order valence-corrected chi connectivity index (χ0v) is 11.1.